The van der Waals surface area contributed by atoms with Gasteiger partial charge in [0, 0.05) is 24.5 Å². The molecule has 0 bridgehead atoms. The summed E-state index contributed by atoms with van der Waals surface area (Å²) in [5.74, 6) is 0.553. The van der Waals surface area contributed by atoms with Crippen LogP contribution in [0.2, 0.25) is 5.02 Å². The second-order valence-electron chi connectivity index (χ2n) is 4.05. The summed E-state index contributed by atoms with van der Waals surface area (Å²) in [4.78, 5) is 22.2. The van der Waals surface area contributed by atoms with Crippen molar-refractivity contribution in [1.29, 1.82) is 0 Å². The minimum atomic E-state index is -0.575. The van der Waals surface area contributed by atoms with Gasteiger partial charge in [0.2, 0.25) is 5.88 Å². The lowest BCUT2D eigenvalue weighted by Crippen LogP contribution is -1.93. The van der Waals surface area contributed by atoms with E-state index in [0.29, 0.717) is 11.3 Å². The van der Waals surface area contributed by atoms with Crippen LogP contribution in [0.3, 0.4) is 0 Å². The van der Waals surface area contributed by atoms with Crippen molar-refractivity contribution in [1.82, 2.24) is 15.0 Å². The van der Waals surface area contributed by atoms with Crippen molar-refractivity contribution in [2.24, 2.45) is 0 Å². The monoisotopic (exact) mass is 302 g/mol. The summed E-state index contributed by atoms with van der Waals surface area (Å²) in [6.07, 6.45) is 4.25. The van der Waals surface area contributed by atoms with Crippen LogP contribution in [0.25, 0.3) is 11.0 Å². The molecule has 21 heavy (non-hydrogen) atoms. The van der Waals surface area contributed by atoms with E-state index >= 15 is 0 Å². The first-order valence-corrected chi connectivity index (χ1v) is 6.20. The number of ether oxygens (including phenoxy) is 1. The number of nitrogens with zero attached hydrogens (tertiary/aromatic N) is 4. The van der Waals surface area contributed by atoms with E-state index in [-0.39, 0.29) is 16.6 Å². The first-order valence-electron chi connectivity index (χ1n) is 5.82. The average Bonchev–Trinajstić information content (AvgIpc) is 2.49. The van der Waals surface area contributed by atoms with E-state index in [1.165, 1.54) is 6.07 Å². The zero-order valence-corrected chi connectivity index (χ0v) is 11.2. The van der Waals surface area contributed by atoms with Gasteiger partial charge < -0.3 is 4.74 Å². The minimum absolute atomic E-state index is 0.0587. The van der Waals surface area contributed by atoms with E-state index in [4.69, 9.17) is 16.3 Å². The zero-order chi connectivity index (χ0) is 14.8. The van der Waals surface area contributed by atoms with Gasteiger partial charge in [-0.1, -0.05) is 11.6 Å². The summed E-state index contributed by atoms with van der Waals surface area (Å²) in [5, 5.41) is 10.7. The quantitative estimate of drug-likeness (QED) is 0.544. The van der Waals surface area contributed by atoms with Crippen molar-refractivity contribution in [3.8, 4) is 11.6 Å². The number of halogens is 1. The molecular formula is C13H7ClN4O3. The van der Waals surface area contributed by atoms with Gasteiger partial charge in [-0.25, -0.2) is 4.98 Å². The average molecular weight is 303 g/mol. The maximum Gasteiger partial charge on any atom is 0.289 e. The normalized spacial score (nSPS) is 10.5. The van der Waals surface area contributed by atoms with Gasteiger partial charge in [0.1, 0.15) is 17.0 Å². The number of fused-ring (bicyclic) bond motifs is 1. The van der Waals surface area contributed by atoms with Gasteiger partial charge in [-0.2, -0.15) is 0 Å². The molecule has 0 aliphatic heterocycles. The molecule has 0 fully saturated rings. The summed E-state index contributed by atoms with van der Waals surface area (Å²) >= 11 is 5.92. The molecule has 0 radical (unpaired) electrons. The van der Waals surface area contributed by atoms with Crippen LogP contribution in [0.1, 0.15) is 0 Å². The highest BCUT2D eigenvalue weighted by molar-refractivity contribution is 6.32. The second kappa shape index (κ2) is 5.29. The van der Waals surface area contributed by atoms with Crippen LogP contribution in [0.5, 0.6) is 11.6 Å². The molecule has 0 spiro atoms. The Morgan fingerprint density at radius 1 is 1.10 bits per heavy atom. The van der Waals surface area contributed by atoms with Gasteiger partial charge >= 0.3 is 0 Å². The number of nitro groups is 1. The molecular weight excluding hydrogens is 296 g/mol. The Labute approximate surface area is 123 Å². The number of aromatic nitrogens is 3. The SMILES string of the molecule is O=[N+]([O-])c1cnc(Oc2ccc3nccnc3c2)c(Cl)c1. The fraction of sp³-hybridized carbons (Fsp3) is 0. The fourth-order valence-corrected chi connectivity index (χ4v) is 1.91. The van der Waals surface area contributed by atoms with Crippen molar-refractivity contribution in [2.45, 2.75) is 0 Å². The molecule has 3 rings (SSSR count). The van der Waals surface area contributed by atoms with E-state index in [1.54, 1.807) is 30.6 Å². The van der Waals surface area contributed by atoms with Gasteiger partial charge in [-0.15, -0.1) is 0 Å². The van der Waals surface area contributed by atoms with E-state index < -0.39 is 4.92 Å². The lowest BCUT2D eigenvalue weighted by Gasteiger charge is -2.06. The second-order valence-corrected chi connectivity index (χ2v) is 4.45. The van der Waals surface area contributed by atoms with Crippen LogP contribution in [0.15, 0.2) is 42.9 Å². The predicted molar refractivity (Wildman–Crippen MR) is 75.5 cm³/mol. The lowest BCUT2D eigenvalue weighted by atomic mass is 10.3. The lowest BCUT2D eigenvalue weighted by molar-refractivity contribution is -0.385. The van der Waals surface area contributed by atoms with Crippen molar-refractivity contribution in [2.75, 3.05) is 0 Å². The molecule has 1 aromatic carbocycles. The van der Waals surface area contributed by atoms with E-state index in [2.05, 4.69) is 15.0 Å². The Hall–Kier alpha value is -2.80. The molecule has 7 nitrogen and oxygen atoms in total. The highest BCUT2D eigenvalue weighted by Crippen LogP contribution is 2.30. The molecule has 2 heterocycles. The van der Waals surface area contributed by atoms with Crippen molar-refractivity contribution >= 4 is 28.3 Å². The highest BCUT2D eigenvalue weighted by Gasteiger charge is 2.12. The van der Waals surface area contributed by atoms with Gasteiger partial charge in [0.05, 0.1) is 16.0 Å². The van der Waals surface area contributed by atoms with Crippen molar-refractivity contribution in [3.05, 3.63) is 58.0 Å². The Morgan fingerprint density at radius 3 is 2.57 bits per heavy atom. The Bertz CT molecular complexity index is 841. The van der Waals surface area contributed by atoms with Gasteiger partial charge in [-0.3, -0.25) is 20.1 Å². The maximum atomic E-state index is 10.6. The Morgan fingerprint density at radius 2 is 1.86 bits per heavy atom. The molecule has 104 valence electrons. The zero-order valence-electron chi connectivity index (χ0n) is 10.4. The molecule has 0 N–H and O–H groups in total. The highest BCUT2D eigenvalue weighted by atomic mass is 35.5. The summed E-state index contributed by atoms with van der Waals surface area (Å²) in [7, 11) is 0. The van der Waals surface area contributed by atoms with Crippen LogP contribution in [0, 0.1) is 10.1 Å². The van der Waals surface area contributed by atoms with Crippen LogP contribution >= 0.6 is 11.6 Å². The minimum Gasteiger partial charge on any atom is -0.437 e. The number of benzene rings is 1. The van der Waals surface area contributed by atoms with Crippen LogP contribution in [-0.4, -0.2) is 19.9 Å². The van der Waals surface area contributed by atoms with Crippen molar-refractivity contribution < 1.29 is 9.66 Å². The molecule has 0 saturated heterocycles. The van der Waals surface area contributed by atoms with Gasteiger partial charge in [-0.05, 0) is 12.1 Å². The molecule has 0 atom stereocenters. The number of hydrogen-bond acceptors (Lipinski definition) is 6. The number of rotatable bonds is 3. The third-order valence-electron chi connectivity index (χ3n) is 2.66. The number of hydrogen-bond donors (Lipinski definition) is 0. The summed E-state index contributed by atoms with van der Waals surface area (Å²) < 4.78 is 5.52. The molecule has 0 aliphatic carbocycles. The van der Waals surface area contributed by atoms with Crippen molar-refractivity contribution in [3.63, 3.8) is 0 Å². The standard InChI is InChI=1S/C13H7ClN4O3/c14-10-5-8(18(19)20)7-17-13(10)21-9-1-2-11-12(6-9)16-4-3-15-11/h1-7H. The Balaban J connectivity index is 1.93. The van der Waals surface area contributed by atoms with Gasteiger partial charge in [0.15, 0.2) is 0 Å². The van der Waals surface area contributed by atoms with Crippen LogP contribution in [-0.2, 0) is 0 Å². The summed E-state index contributed by atoms with van der Waals surface area (Å²) in [5.41, 5.74) is 1.19. The molecule has 0 unspecified atom stereocenters. The smallest absolute Gasteiger partial charge is 0.289 e. The molecule has 0 aliphatic rings. The summed E-state index contributed by atoms with van der Waals surface area (Å²) in [6.45, 7) is 0. The first-order chi connectivity index (χ1) is 10.1. The molecule has 0 amide bonds. The first kappa shape index (κ1) is 13.2. The van der Waals surface area contributed by atoms with Crippen LogP contribution < -0.4 is 4.74 Å². The topological polar surface area (TPSA) is 91.0 Å². The molecule has 8 heteroatoms. The van der Waals surface area contributed by atoms with E-state index in [1.807, 2.05) is 0 Å². The van der Waals surface area contributed by atoms with Gasteiger partial charge in [0.25, 0.3) is 5.69 Å². The third-order valence-corrected chi connectivity index (χ3v) is 2.93. The van der Waals surface area contributed by atoms with E-state index in [0.717, 1.165) is 11.7 Å². The number of pyridine rings is 1. The Kier molecular flexibility index (Phi) is 3.33. The fourth-order valence-electron chi connectivity index (χ4n) is 1.71. The predicted octanol–water partition coefficient (Wildman–Crippen LogP) is 3.38. The largest absolute Gasteiger partial charge is 0.437 e. The van der Waals surface area contributed by atoms with E-state index in [9.17, 15) is 10.1 Å². The molecule has 0 saturated carbocycles. The molecule has 3 aromatic rings. The molecule has 2 aromatic heterocycles. The van der Waals surface area contributed by atoms with Crippen LogP contribution in [0.4, 0.5) is 5.69 Å². The maximum absolute atomic E-state index is 10.6. The summed E-state index contributed by atoms with van der Waals surface area (Å²) in [6, 6.07) is 6.31. The third kappa shape index (κ3) is 2.72.